The van der Waals surface area contributed by atoms with Gasteiger partial charge < -0.3 is 4.57 Å². The molecule has 3 heterocycles. The number of benzene rings is 3. The van der Waals surface area contributed by atoms with Gasteiger partial charge in [-0.15, -0.1) is 11.3 Å². The maximum absolute atomic E-state index is 4.66. The minimum atomic E-state index is 0.995. The van der Waals surface area contributed by atoms with Crippen LogP contribution in [0, 0.1) is 0 Å². The fourth-order valence-electron chi connectivity index (χ4n) is 4.11. The van der Waals surface area contributed by atoms with Crippen molar-refractivity contribution in [1.29, 1.82) is 0 Å². The smallest absolute Gasteiger partial charge is 0.116 e. The zero-order chi connectivity index (χ0) is 19.4. The number of hydrogen-bond acceptors (Lipinski definition) is 3. The van der Waals surface area contributed by atoms with Crippen molar-refractivity contribution >= 4 is 43.4 Å². The average Bonchev–Trinajstić information content (AvgIpc) is 3.34. The molecule has 0 saturated carbocycles. The van der Waals surface area contributed by atoms with Crippen LogP contribution in [-0.4, -0.2) is 14.5 Å². The van der Waals surface area contributed by atoms with Gasteiger partial charge in [0.2, 0.25) is 0 Å². The van der Waals surface area contributed by atoms with Gasteiger partial charge in [0.05, 0.1) is 15.9 Å². The van der Waals surface area contributed by atoms with Crippen LogP contribution < -0.4 is 0 Å². The summed E-state index contributed by atoms with van der Waals surface area (Å²) in [6.07, 6.45) is 1.67. The van der Waals surface area contributed by atoms with E-state index in [0.29, 0.717) is 0 Å². The first-order chi connectivity index (χ1) is 14.3. The minimum Gasteiger partial charge on any atom is -0.344 e. The Balaban J connectivity index is 1.58. The maximum Gasteiger partial charge on any atom is 0.116 e. The standard InChI is InChI=1S/C25H17N3S/c1-28-21-10-6-5-9-18(21)19-12-11-17(13-22(19)28)24-25-20(26-15-27-24)14-23(29-25)16-7-3-2-4-8-16/h2-15H,1H3. The molecule has 3 aromatic carbocycles. The van der Waals surface area contributed by atoms with Gasteiger partial charge in [-0.1, -0.05) is 60.7 Å². The van der Waals surface area contributed by atoms with Gasteiger partial charge in [-0.25, -0.2) is 9.97 Å². The molecule has 4 heteroatoms. The zero-order valence-electron chi connectivity index (χ0n) is 15.8. The summed E-state index contributed by atoms with van der Waals surface area (Å²) in [4.78, 5) is 10.4. The van der Waals surface area contributed by atoms with Gasteiger partial charge >= 0.3 is 0 Å². The van der Waals surface area contributed by atoms with Gasteiger partial charge in [-0.3, -0.25) is 0 Å². The van der Waals surface area contributed by atoms with E-state index in [0.717, 1.165) is 21.5 Å². The topological polar surface area (TPSA) is 30.7 Å². The summed E-state index contributed by atoms with van der Waals surface area (Å²) in [5.41, 5.74) is 6.79. The summed E-state index contributed by atoms with van der Waals surface area (Å²) in [5, 5.41) is 2.56. The highest BCUT2D eigenvalue weighted by atomic mass is 32.1. The van der Waals surface area contributed by atoms with E-state index in [1.54, 1.807) is 17.7 Å². The van der Waals surface area contributed by atoms with Crippen LogP contribution in [0.4, 0.5) is 0 Å². The van der Waals surface area contributed by atoms with Gasteiger partial charge in [-0.2, -0.15) is 0 Å². The maximum atomic E-state index is 4.66. The lowest BCUT2D eigenvalue weighted by molar-refractivity contribution is 1.01. The van der Waals surface area contributed by atoms with Crippen molar-refractivity contribution in [2.75, 3.05) is 0 Å². The zero-order valence-corrected chi connectivity index (χ0v) is 16.6. The van der Waals surface area contributed by atoms with Gasteiger partial charge in [-0.05, 0) is 23.8 Å². The van der Waals surface area contributed by atoms with E-state index in [9.17, 15) is 0 Å². The number of thiophene rings is 1. The predicted octanol–water partition coefficient (Wildman–Crippen LogP) is 6.67. The normalized spacial score (nSPS) is 11.6. The second-order valence-corrected chi connectivity index (χ2v) is 8.27. The number of aromatic nitrogens is 3. The molecule has 0 bridgehead atoms. The van der Waals surface area contributed by atoms with Gasteiger partial charge in [0.1, 0.15) is 6.33 Å². The van der Waals surface area contributed by atoms with Crippen LogP contribution in [0.5, 0.6) is 0 Å². The molecule has 0 aliphatic rings. The molecular weight excluding hydrogens is 374 g/mol. The molecule has 0 amide bonds. The van der Waals surface area contributed by atoms with Crippen molar-refractivity contribution in [1.82, 2.24) is 14.5 Å². The number of nitrogens with zero attached hydrogens (tertiary/aromatic N) is 3. The second kappa shape index (κ2) is 6.26. The number of rotatable bonds is 2. The fourth-order valence-corrected chi connectivity index (χ4v) is 5.24. The molecule has 6 rings (SSSR count). The lowest BCUT2D eigenvalue weighted by atomic mass is 10.1. The van der Waals surface area contributed by atoms with E-state index < -0.39 is 0 Å². The Morgan fingerprint density at radius 3 is 2.41 bits per heavy atom. The molecule has 0 N–H and O–H groups in total. The van der Waals surface area contributed by atoms with Crippen molar-refractivity contribution in [3.63, 3.8) is 0 Å². The summed E-state index contributed by atoms with van der Waals surface area (Å²) < 4.78 is 3.39. The van der Waals surface area contributed by atoms with Crippen LogP contribution >= 0.6 is 11.3 Å². The Hall–Kier alpha value is -3.50. The highest BCUT2D eigenvalue weighted by molar-refractivity contribution is 7.22. The summed E-state index contributed by atoms with van der Waals surface area (Å²) in [7, 11) is 2.13. The van der Waals surface area contributed by atoms with E-state index >= 15 is 0 Å². The molecule has 0 atom stereocenters. The first kappa shape index (κ1) is 16.5. The number of para-hydroxylation sites is 1. The Morgan fingerprint density at radius 1 is 0.724 bits per heavy atom. The van der Waals surface area contributed by atoms with E-state index in [-0.39, 0.29) is 0 Å². The van der Waals surface area contributed by atoms with E-state index in [4.69, 9.17) is 0 Å². The third-order valence-electron chi connectivity index (χ3n) is 5.56. The van der Waals surface area contributed by atoms with Crippen molar-refractivity contribution in [3.05, 3.63) is 85.2 Å². The molecule has 0 radical (unpaired) electrons. The largest absolute Gasteiger partial charge is 0.344 e. The summed E-state index contributed by atoms with van der Waals surface area (Å²) in [6.45, 7) is 0. The summed E-state index contributed by atoms with van der Waals surface area (Å²) in [5.74, 6) is 0. The monoisotopic (exact) mass is 391 g/mol. The first-order valence-corrected chi connectivity index (χ1v) is 10.4. The molecule has 0 saturated heterocycles. The van der Waals surface area contributed by atoms with Crippen LogP contribution in [0.25, 0.3) is 53.7 Å². The SMILES string of the molecule is Cn1c2ccccc2c2ccc(-c3ncnc4cc(-c5ccccc5)sc34)cc21. The summed E-state index contributed by atoms with van der Waals surface area (Å²) in [6, 6.07) is 27.8. The van der Waals surface area contributed by atoms with Crippen LogP contribution in [0.1, 0.15) is 0 Å². The van der Waals surface area contributed by atoms with Gasteiger partial charge in [0.25, 0.3) is 0 Å². The molecular formula is C25H17N3S. The molecule has 0 unspecified atom stereocenters. The van der Waals surface area contributed by atoms with E-state index in [2.05, 4.69) is 94.4 Å². The average molecular weight is 391 g/mol. The Bertz CT molecular complexity index is 1510. The van der Waals surface area contributed by atoms with Crippen LogP contribution in [0.15, 0.2) is 85.2 Å². The molecule has 0 aliphatic carbocycles. The Morgan fingerprint density at radius 2 is 1.52 bits per heavy atom. The van der Waals surface area contributed by atoms with Crippen LogP contribution in [-0.2, 0) is 7.05 Å². The lowest BCUT2D eigenvalue weighted by Crippen LogP contribution is -1.89. The molecule has 29 heavy (non-hydrogen) atoms. The second-order valence-electron chi connectivity index (χ2n) is 7.22. The third-order valence-corrected chi connectivity index (χ3v) is 6.74. The van der Waals surface area contributed by atoms with Crippen LogP contribution in [0.3, 0.4) is 0 Å². The quantitative estimate of drug-likeness (QED) is 0.330. The number of fused-ring (bicyclic) bond motifs is 4. The number of aryl methyl sites for hydroxylation is 1. The molecule has 0 spiro atoms. The molecule has 3 aromatic heterocycles. The van der Waals surface area contributed by atoms with Gasteiger partial charge in [0, 0.05) is 39.3 Å². The van der Waals surface area contributed by atoms with Crippen molar-refractivity contribution in [2.24, 2.45) is 7.05 Å². The van der Waals surface area contributed by atoms with E-state index in [1.807, 2.05) is 6.07 Å². The third kappa shape index (κ3) is 2.50. The number of hydrogen-bond donors (Lipinski definition) is 0. The van der Waals surface area contributed by atoms with Gasteiger partial charge in [0.15, 0.2) is 0 Å². The molecule has 0 fully saturated rings. The first-order valence-electron chi connectivity index (χ1n) is 9.57. The molecule has 6 aromatic rings. The van der Waals surface area contributed by atoms with Crippen molar-refractivity contribution in [3.8, 4) is 21.7 Å². The summed E-state index contributed by atoms with van der Waals surface area (Å²) >= 11 is 1.75. The van der Waals surface area contributed by atoms with Crippen LogP contribution in [0.2, 0.25) is 0 Å². The molecule has 138 valence electrons. The molecule has 3 nitrogen and oxygen atoms in total. The highest BCUT2D eigenvalue weighted by Crippen LogP contribution is 2.38. The fraction of sp³-hybridized carbons (Fsp3) is 0.0400. The molecule has 0 aliphatic heterocycles. The Kier molecular flexibility index (Phi) is 3.55. The lowest BCUT2D eigenvalue weighted by Gasteiger charge is -2.04. The van der Waals surface area contributed by atoms with Crippen molar-refractivity contribution < 1.29 is 0 Å². The minimum absolute atomic E-state index is 0.995. The Labute approximate surface area is 171 Å². The highest BCUT2D eigenvalue weighted by Gasteiger charge is 2.14. The predicted molar refractivity (Wildman–Crippen MR) is 122 cm³/mol. The van der Waals surface area contributed by atoms with E-state index in [1.165, 1.54) is 32.2 Å². The van der Waals surface area contributed by atoms with Crippen molar-refractivity contribution in [2.45, 2.75) is 0 Å².